The monoisotopic (exact) mass is 203 g/mol. The number of rotatable bonds is 2. The van der Waals surface area contributed by atoms with Crippen LogP contribution < -0.4 is 0 Å². The zero-order chi connectivity index (χ0) is 11.1. The molecule has 0 radical (unpaired) electrons. The third-order valence-corrected chi connectivity index (χ3v) is 3.70. The molecule has 0 amide bonds. The maximum atomic E-state index is 4.56. The molecular formula is C14H21N. The zero-order valence-corrected chi connectivity index (χ0v) is 10.3. The minimum absolute atomic E-state index is 0.238. The Hall–Kier alpha value is -0.850. The molecule has 82 valence electrons. The summed E-state index contributed by atoms with van der Waals surface area (Å²) in [6, 6.07) is 4.46. The van der Waals surface area contributed by atoms with Gasteiger partial charge in [-0.15, -0.1) is 0 Å². The molecule has 15 heavy (non-hydrogen) atoms. The van der Waals surface area contributed by atoms with Crippen molar-refractivity contribution in [3.63, 3.8) is 0 Å². The van der Waals surface area contributed by atoms with Gasteiger partial charge in [-0.3, -0.25) is 4.98 Å². The van der Waals surface area contributed by atoms with Crippen LogP contribution in [0.15, 0.2) is 18.3 Å². The fraction of sp³-hybridized carbons (Fsp3) is 0.643. The highest BCUT2D eigenvalue weighted by Crippen LogP contribution is 2.50. The topological polar surface area (TPSA) is 12.9 Å². The van der Waals surface area contributed by atoms with Crippen LogP contribution in [0.25, 0.3) is 0 Å². The predicted octanol–water partition coefficient (Wildman–Crippen LogP) is 3.82. The van der Waals surface area contributed by atoms with E-state index in [9.17, 15) is 0 Å². The van der Waals surface area contributed by atoms with Crippen LogP contribution in [0.4, 0.5) is 0 Å². The zero-order valence-electron chi connectivity index (χ0n) is 10.3. The first kappa shape index (κ1) is 10.7. The third kappa shape index (κ3) is 1.92. The molecule has 0 aliphatic heterocycles. The molecule has 0 N–H and O–H groups in total. The van der Waals surface area contributed by atoms with E-state index in [-0.39, 0.29) is 5.41 Å². The van der Waals surface area contributed by atoms with Gasteiger partial charge in [0.25, 0.3) is 0 Å². The van der Waals surface area contributed by atoms with Crippen molar-refractivity contribution < 1.29 is 0 Å². The molecule has 1 aromatic rings. The molecular weight excluding hydrogens is 182 g/mol. The lowest BCUT2D eigenvalue weighted by Gasteiger charge is -2.21. The molecule has 1 heterocycles. The molecule has 1 fully saturated rings. The summed E-state index contributed by atoms with van der Waals surface area (Å²) in [5.74, 6) is 0. The van der Waals surface area contributed by atoms with Gasteiger partial charge in [0.1, 0.15) is 0 Å². The molecule has 1 saturated carbocycles. The van der Waals surface area contributed by atoms with Crippen molar-refractivity contribution >= 4 is 0 Å². The molecule has 0 unspecified atom stereocenters. The van der Waals surface area contributed by atoms with Crippen LogP contribution in [0.1, 0.15) is 58.2 Å². The van der Waals surface area contributed by atoms with Crippen LogP contribution in [-0.2, 0) is 10.8 Å². The molecule has 0 aromatic carbocycles. The Bertz CT molecular complexity index is 356. The van der Waals surface area contributed by atoms with E-state index >= 15 is 0 Å². The molecule has 0 saturated heterocycles. The molecule has 1 aliphatic rings. The highest BCUT2D eigenvalue weighted by Gasteiger charge is 2.43. The lowest BCUT2D eigenvalue weighted by atomic mass is 9.85. The van der Waals surface area contributed by atoms with Gasteiger partial charge < -0.3 is 0 Å². The summed E-state index contributed by atoms with van der Waals surface area (Å²) in [6.07, 6.45) is 5.85. The Morgan fingerprint density at radius 2 is 2.00 bits per heavy atom. The summed E-state index contributed by atoms with van der Waals surface area (Å²) in [5.41, 5.74) is 3.40. The van der Waals surface area contributed by atoms with Gasteiger partial charge in [0, 0.05) is 17.3 Å². The Morgan fingerprint density at radius 1 is 1.33 bits per heavy atom. The van der Waals surface area contributed by atoms with E-state index in [2.05, 4.69) is 44.8 Å². The molecule has 1 heteroatoms. The quantitative estimate of drug-likeness (QED) is 0.712. The average Bonchev–Trinajstić information content (AvgIpc) is 2.97. The predicted molar refractivity (Wildman–Crippen MR) is 64.1 cm³/mol. The van der Waals surface area contributed by atoms with Crippen molar-refractivity contribution in [3.05, 3.63) is 29.6 Å². The van der Waals surface area contributed by atoms with Crippen LogP contribution in [0.5, 0.6) is 0 Å². The molecule has 1 aromatic heterocycles. The van der Waals surface area contributed by atoms with Crippen LogP contribution in [0.3, 0.4) is 0 Å². The second-order valence-electron chi connectivity index (χ2n) is 5.81. The summed E-state index contributed by atoms with van der Waals surface area (Å²) < 4.78 is 0. The third-order valence-electron chi connectivity index (χ3n) is 3.70. The van der Waals surface area contributed by atoms with Crippen LogP contribution in [-0.4, -0.2) is 4.98 Å². The van der Waals surface area contributed by atoms with Crippen LogP contribution in [0, 0.1) is 0 Å². The van der Waals surface area contributed by atoms with Crippen molar-refractivity contribution in [3.8, 4) is 0 Å². The summed E-state index contributed by atoms with van der Waals surface area (Å²) >= 11 is 0. The summed E-state index contributed by atoms with van der Waals surface area (Å²) in [4.78, 5) is 4.56. The van der Waals surface area contributed by atoms with E-state index < -0.39 is 0 Å². The maximum absolute atomic E-state index is 4.56. The van der Waals surface area contributed by atoms with Crippen LogP contribution in [0.2, 0.25) is 0 Å². The van der Waals surface area contributed by atoms with Crippen molar-refractivity contribution in [2.24, 2.45) is 0 Å². The van der Waals surface area contributed by atoms with Crippen molar-refractivity contribution in [1.82, 2.24) is 4.98 Å². The van der Waals surface area contributed by atoms with E-state index in [4.69, 9.17) is 0 Å². The van der Waals surface area contributed by atoms with E-state index in [0.717, 1.165) is 0 Å². The molecule has 0 bridgehead atoms. The SMILES string of the molecule is CCC1(c2cc(C(C)(C)C)ccn2)CC1. The van der Waals surface area contributed by atoms with Gasteiger partial charge in [0.2, 0.25) is 0 Å². The Kier molecular flexibility index (Phi) is 2.37. The van der Waals surface area contributed by atoms with Crippen LogP contribution >= 0.6 is 0 Å². The lowest BCUT2D eigenvalue weighted by Crippen LogP contribution is -2.14. The fourth-order valence-corrected chi connectivity index (χ4v) is 2.13. The Labute approximate surface area is 92.9 Å². The molecule has 2 rings (SSSR count). The second-order valence-corrected chi connectivity index (χ2v) is 5.81. The van der Waals surface area contributed by atoms with E-state index in [1.807, 2.05) is 6.20 Å². The largest absolute Gasteiger partial charge is 0.261 e. The first-order valence-corrected chi connectivity index (χ1v) is 5.95. The highest BCUT2D eigenvalue weighted by molar-refractivity contribution is 5.31. The van der Waals surface area contributed by atoms with E-state index in [0.29, 0.717) is 5.41 Å². The Morgan fingerprint density at radius 3 is 2.47 bits per heavy atom. The number of aromatic nitrogens is 1. The smallest absolute Gasteiger partial charge is 0.0468 e. The number of nitrogens with zero attached hydrogens (tertiary/aromatic N) is 1. The van der Waals surface area contributed by atoms with E-state index in [1.54, 1.807) is 0 Å². The van der Waals surface area contributed by atoms with Gasteiger partial charge in [-0.1, -0.05) is 27.7 Å². The van der Waals surface area contributed by atoms with Gasteiger partial charge in [-0.2, -0.15) is 0 Å². The summed E-state index contributed by atoms with van der Waals surface area (Å²) in [5, 5.41) is 0. The second kappa shape index (κ2) is 3.33. The minimum Gasteiger partial charge on any atom is -0.261 e. The van der Waals surface area contributed by atoms with Crippen molar-refractivity contribution in [2.75, 3.05) is 0 Å². The first-order valence-electron chi connectivity index (χ1n) is 5.95. The highest BCUT2D eigenvalue weighted by atomic mass is 14.7. The lowest BCUT2D eigenvalue weighted by molar-refractivity contribution is 0.579. The number of hydrogen-bond acceptors (Lipinski definition) is 1. The standard InChI is InChI=1S/C14H21N/c1-5-14(7-8-14)12-10-11(6-9-15-12)13(2,3)4/h6,9-10H,5,7-8H2,1-4H3. The summed E-state index contributed by atoms with van der Waals surface area (Å²) in [6.45, 7) is 9.06. The summed E-state index contributed by atoms with van der Waals surface area (Å²) in [7, 11) is 0. The van der Waals surface area contributed by atoms with Gasteiger partial charge >= 0.3 is 0 Å². The molecule has 0 spiro atoms. The van der Waals surface area contributed by atoms with Gasteiger partial charge in [-0.05, 0) is 42.4 Å². The Balaban J connectivity index is 2.35. The molecule has 1 aliphatic carbocycles. The van der Waals surface area contributed by atoms with Crippen molar-refractivity contribution in [1.29, 1.82) is 0 Å². The normalized spacial score (nSPS) is 18.9. The minimum atomic E-state index is 0.238. The van der Waals surface area contributed by atoms with E-state index in [1.165, 1.54) is 30.5 Å². The first-order chi connectivity index (χ1) is 6.98. The number of pyridine rings is 1. The van der Waals surface area contributed by atoms with Gasteiger partial charge in [0.05, 0.1) is 0 Å². The van der Waals surface area contributed by atoms with Crippen molar-refractivity contribution in [2.45, 2.75) is 57.8 Å². The fourth-order valence-electron chi connectivity index (χ4n) is 2.13. The van der Waals surface area contributed by atoms with Gasteiger partial charge in [0.15, 0.2) is 0 Å². The average molecular weight is 203 g/mol. The maximum Gasteiger partial charge on any atom is 0.0468 e. The number of hydrogen-bond donors (Lipinski definition) is 0. The molecule has 0 atom stereocenters. The molecule has 1 nitrogen and oxygen atoms in total. The van der Waals surface area contributed by atoms with Gasteiger partial charge in [-0.25, -0.2) is 0 Å².